The molecule has 0 saturated carbocycles. The second-order valence-electron chi connectivity index (χ2n) is 3.76. The van der Waals surface area contributed by atoms with Gasteiger partial charge in [0.2, 0.25) is 0 Å². The molecule has 0 unspecified atom stereocenters. The molecule has 0 bridgehead atoms. The first-order chi connectivity index (χ1) is 7.61. The van der Waals surface area contributed by atoms with Crippen molar-refractivity contribution in [3.63, 3.8) is 0 Å². The monoisotopic (exact) mass is 222 g/mol. The number of fused-ring (bicyclic) bond motifs is 1. The number of hydrogen-bond donors (Lipinski definition) is 1. The number of rotatable bonds is 2. The maximum Gasteiger partial charge on any atom is 0.421 e. The highest BCUT2D eigenvalue weighted by Crippen LogP contribution is 2.27. The van der Waals surface area contributed by atoms with Crippen molar-refractivity contribution in [2.75, 3.05) is 14.2 Å². The molecular weight excluding hydrogens is 208 g/mol. The standard InChI is InChI=1S/C11H14N2O3/c1-12(11(14)15)13-6-8-3-4-10(16-2)5-9(8)7-13/h3-5H,6-7H2,1-2H3,(H,14,15). The molecule has 5 nitrogen and oxygen atoms in total. The van der Waals surface area contributed by atoms with Gasteiger partial charge in [-0.25, -0.2) is 14.8 Å². The molecule has 1 heterocycles. The lowest BCUT2D eigenvalue weighted by Crippen LogP contribution is -2.39. The molecule has 1 amide bonds. The Morgan fingerprint density at radius 2 is 2.12 bits per heavy atom. The van der Waals surface area contributed by atoms with E-state index in [4.69, 9.17) is 9.84 Å². The number of nitrogens with zero attached hydrogens (tertiary/aromatic N) is 2. The van der Waals surface area contributed by atoms with Crippen molar-refractivity contribution in [1.29, 1.82) is 0 Å². The first-order valence-electron chi connectivity index (χ1n) is 4.99. The third-order valence-electron chi connectivity index (χ3n) is 2.82. The predicted molar refractivity (Wildman–Crippen MR) is 58.0 cm³/mol. The summed E-state index contributed by atoms with van der Waals surface area (Å²) in [5.41, 5.74) is 2.27. The summed E-state index contributed by atoms with van der Waals surface area (Å²) in [6.07, 6.45) is -0.945. The fourth-order valence-corrected chi connectivity index (χ4v) is 1.81. The molecule has 2 rings (SSSR count). The molecule has 1 aliphatic heterocycles. The zero-order valence-corrected chi connectivity index (χ0v) is 9.30. The largest absolute Gasteiger partial charge is 0.497 e. The highest BCUT2D eigenvalue weighted by atomic mass is 16.5. The number of hydrazine groups is 1. The molecule has 0 spiro atoms. The van der Waals surface area contributed by atoms with Crippen LogP contribution in [0.2, 0.25) is 0 Å². The highest BCUT2D eigenvalue weighted by molar-refractivity contribution is 5.64. The molecule has 0 aromatic heterocycles. The molecule has 1 aromatic rings. The average molecular weight is 222 g/mol. The molecule has 0 fully saturated rings. The van der Waals surface area contributed by atoms with E-state index in [1.54, 1.807) is 19.2 Å². The van der Waals surface area contributed by atoms with Gasteiger partial charge in [-0.3, -0.25) is 0 Å². The van der Waals surface area contributed by atoms with Crippen molar-refractivity contribution in [3.8, 4) is 5.75 Å². The molecule has 1 aromatic carbocycles. The molecule has 16 heavy (non-hydrogen) atoms. The van der Waals surface area contributed by atoms with Crippen molar-refractivity contribution in [1.82, 2.24) is 10.0 Å². The van der Waals surface area contributed by atoms with E-state index >= 15 is 0 Å². The van der Waals surface area contributed by atoms with E-state index in [1.165, 1.54) is 5.01 Å². The summed E-state index contributed by atoms with van der Waals surface area (Å²) in [5, 5.41) is 11.9. The molecule has 0 saturated heterocycles. The summed E-state index contributed by atoms with van der Waals surface area (Å²) in [5.74, 6) is 0.804. The number of carbonyl (C=O) groups is 1. The van der Waals surface area contributed by atoms with Crippen LogP contribution in [0.1, 0.15) is 11.1 Å². The second-order valence-corrected chi connectivity index (χ2v) is 3.76. The number of hydrogen-bond acceptors (Lipinski definition) is 3. The smallest absolute Gasteiger partial charge is 0.421 e. The van der Waals surface area contributed by atoms with E-state index in [2.05, 4.69) is 0 Å². The quantitative estimate of drug-likeness (QED) is 0.824. The summed E-state index contributed by atoms with van der Waals surface area (Å²) < 4.78 is 5.13. The van der Waals surface area contributed by atoms with Crippen LogP contribution in [-0.4, -0.2) is 35.4 Å². The number of methoxy groups -OCH3 is 1. The summed E-state index contributed by atoms with van der Waals surface area (Å²) in [7, 11) is 3.17. The Kier molecular flexibility index (Phi) is 2.70. The Labute approximate surface area is 93.8 Å². The van der Waals surface area contributed by atoms with Crippen LogP contribution in [0.4, 0.5) is 4.79 Å². The van der Waals surface area contributed by atoms with Gasteiger partial charge in [-0.2, -0.15) is 0 Å². The molecule has 0 radical (unpaired) electrons. The maximum absolute atomic E-state index is 10.8. The van der Waals surface area contributed by atoms with E-state index in [0.29, 0.717) is 13.1 Å². The van der Waals surface area contributed by atoms with Gasteiger partial charge >= 0.3 is 6.09 Å². The molecule has 5 heteroatoms. The summed E-state index contributed by atoms with van der Waals surface area (Å²) in [6.45, 7) is 1.23. The topological polar surface area (TPSA) is 53.0 Å². The Morgan fingerprint density at radius 3 is 2.75 bits per heavy atom. The number of benzene rings is 1. The molecule has 0 atom stereocenters. The van der Waals surface area contributed by atoms with Crippen LogP contribution in [-0.2, 0) is 13.1 Å². The predicted octanol–water partition coefficient (Wildman–Crippen LogP) is 1.54. The molecule has 0 aliphatic carbocycles. The Bertz CT molecular complexity index is 420. The van der Waals surface area contributed by atoms with Crippen molar-refractivity contribution >= 4 is 6.09 Å². The fraction of sp³-hybridized carbons (Fsp3) is 0.364. The normalized spacial score (nSPS) is 14.6. The van der Waals surface area contributed by atoms with Gasteiger partial charge in [0.25, 0.3) is 0 Å². The first kappa shape index (κ1) is 10.8. The molecule has 1 N–H and O–H groups in total. The van der Waals surface area contributed by atoms with Crippen LogP contribution >= 0.6 is 0 Å². The minimum Gasteiger partial charge on any atom is -0.497 e. The lowest BCUT2D eigenvalue weighted by atomic mass is 10.1. The SMILES string of the molecule is COc1ccc2c(c1)CN(N(C)C(=O)O)C2. The Morgan fingerprint density at radius 1 is 1.44 bits per heavy atom. The summed E-state index contributed by atoms with van der Waals surface area (Å²) in [4.78, 5) is 10.8. The van der Waals surface area contributed by atoms with Gasteiger partial charge in [0, 0.05) is 20.1 Å². The van der Waals surface area contributed by atoms with E-state index in [0.717, 1.165) is 16.9 Å². The Balaban J connectivity index is 2.17. The average Bonchev–Trinajstić information content (AvgIpc) is 2.69. The fourth-order valence-electron chi connectivity index (χ4n) is 1.81. The lowest BCUT2D eigenvalue weighted by molar-refractivity contribution is 0.00730. The van der Waals surface area contributed by atoms with Crippen LogP contribution in [0.5, 0.6) is 5.75 Å². The lowest BCUT2D eigenvalue weighted by Gasteiger charge is -2.24. The zero-order chi connectivity index (χ0) is 11.7. The van der Waals surface area contributed by atoms with Gasteiger partial charge < -0.3 is 9.84 Å². The molecule has 86 valence electrons. The van der Waals surface area contributed by atoms with Crippen LogP contribution in [0.15, 0.2) is 18.2 Å². The highest BCUT2D eigenvalue weighted by Gasteiger charge is 2.24. The summed E-state index contributed by atoms with van der Waals surface area (Å²) in [6, 6.07) is 5.82. The van der Waals surface area contributed by atoms with Gasteiger partial charge in [0.15, 0.2) is 0 Å². The van der Waals surface area contributed by atoms with Gasteiger partial charge in [-0.15, -0.1) is 0 Å². The van der Waals surface area contributed by atoms with Crippen LogP contribution < -0.4 is 4.74 Å². The summed E-state index contributed by atoms with van der Waals surface area (Å²) >= 11 is 0. The van der Waals surface area contributed by atoms with Crippen LogP contribution in [0.25, 0.3) is 0 Å². The van der Waals surface area contributed by atoms with Crippen molar-refractivity contribution in [2.24, 2.45) is 0 Å². The Hall–Kier alpha value is -1.75. The third-order valence-corrected chi connectivity index (χ3v) is 2.82. The van der Waals surface area contributed by atoms with E-state index in [1.807, 2.05) is 18.2 Å². The number of ether oxygens (including phenoxy) is 1. The van der Waals surface area contributed by atoms with Crippen molar-refractivity contribution in [3.05, 3.63) is 29.3 Å². The number of carboxylic acid groups (broad SMARTS) is 1. The van der Waals surface area contributed by atoms with Crippen LogP contribution in [0.3, 0.4) is 0 Å². The van der Waals surface area contributed by atoms with Gasteiger partial charge in [-0.1, -0.05) is 6.07 Å². The molecular formula is C11H14N2O3. The number of amides is 1. The van der Waals surface area contributed by atoms with Gasteiger partial charge in [0.1, 0.15) is 5.75 Å². The van der Waals surface area contributed by atoms with Gasteiger partial charge in [0.05, 0.1) is 7.11 Å². The van der Waals surface area contributed by atoms with E-state index < -0.39 is 6.09 Å². The minimum atomic E-state index is -0.945. The van der Waals surface area contributed by atoms with E-state index in [-0.39, 0.29) is 0 Å². The van der Waals surface area contributed by atoms with E-state index in [9.17, 15) is 4.79 Å². The van der Waals surface area contributed by atoms with Crippen LogP contribution in [0, 0.1) is 0 Å². The third kappa shape index (κ3) is 1.81. The van der Waals surface area contributed by atoms with Gasteiger partial charge in [-0.05, 0) is 23.3 Å². The zero-order valence-electron chi connectivity index (χ0n) is 9.30. The molecule has 1 aliphatic rings. The minimum absolute atomic E-state index is 0.606. The second kappa shape index (κ2) is 4.02. The van der Waals surface area contributed by atoms with Crippen molar-refractivity contribution < 1.29 is 14.6 Å². The first-order valence-corrected chi connectivity index (χ1v) is 4.99. The maximum atomic E-state index is 10.8. The van der Waals surface area contributed by atoms with Crippen molar-refractivity contribution in [2.45, 2.75) is 13.1 Å².